The third-order valence-corrected chi connectivity index (χ3v) is 5.64. The second-order valence-corrected chi connectivity index (χ2v) is 7.77. The largest absolute Gasteiger partial charge is 0.317 e. The lowest BCUT2D eigenvalue weighted by molar-refractivity contribution is -0.122. The number of rotatable bonds is 3. The highest BCUT2D eigenvalue weighted by atomic mass is 35.5. The monoisotopic (exact) mass is 435 g/mol. The van der Waals surface area contributed by atoms with Crippen molar-refractivity contribution in [3.8, 4) is 5.69 Å². The van der Waals surface area contributed by atoms with E-state index in [1.807, 2.05) is 42.0 Å². The summed E-state index contributed by atoms with van der Waals surface area (Å²) in [6.07, 6.45) is 3.46. The van der Waals surface area contributed by atoms with Gasteiger partial charge in [-0.2, -0.15) is 0 Å². The molecule has 0 saturated carbocycles. The quantitative estimate of drug-likeness (QED) is 0.372. The van der Waals surface area contributed by atoms with Crippen LogP contribution >= 0.6 is 23.8 Å². The average molecular weight is 436 g/mol. The number of aryl methyl sites for hydroxylation is 2. The van der Waals surface area contributed by atoms with Gasteiger partial charge in [-0.25, -0.2) is 0 Å². The van der Waals surface area contributed by atoms with Gasteiger partial charge in [0.15, 0.2) is 5.11 Å². The van der Waals surface area contributed by atoms with Crippen LogP contribution in [0.4, 0.5) is 5.69 Å². The molecule has 0 bridgehead atoms. The number of aromatic nitrogens is 1. The number of anilines is 1. The lowest BCUT2D eigenvalue weighted by Gasteiger charge is -2.29. The number of thiocarbonyl (C=S) groups is 1. The zero-order valence-electron chi connectivity index (χ0n) is 16.3. The van der Waals surface area contributed by atoms with Crippen LogP contribution in [0, 0.1) is 13.8 Å². The number of carbonyl (C=O) groups is 2. The molecule has 1 aromatic heterocycles. The maximum atomic E-state index is 13.2. The Kier molecular flexibility index (Phi) is 5.28. The number of hydrogen-bond acceptors (Lipinski definition) is 3. The highest BCUT2D eigenvalue weighted by Crippen LogP contribution is 2.29. The van der Waals surface area contributed by atoms with Gasteiger partial charge in [-0.1, -0.05) is 29.8 Å². The van der Waals surface area contributed by atoms with Crippen molar-refractivity contribution in [1.82, 2.24) is 9.88 Å². The number of halogens is 1. The number of benzene rings is 2. The minimum Gasteiger partial charge on any atom is -0.317 e. The van der Waals surface area contributed by atoms with Crippen molar-refractivity contribution < 1.29 is 9.59 Å². The summed E-state index contributed by atoms with van der Waals surface area (Å²) in [5.74, 6) is -1.06. The van der Waals surface area contributed by atoms with Gasteiger partial charge in [0.2, 0.25) is 0 Å². The molecule has 0 atom stereocenters. The molecule has 0 aliphatic carbocycles. The van der Waals surface area contributed by atoms with Crippen LogP contribution in [0.2, 0.25) is 5.02 Å². The zero-order chi connectivity index (χ0) is 21.4. The molecule has 4 rings (SSSR count). The summed E-state index contributed by atoms with van der Waals surface area (Å²) >= 11 is 11.5. The summed E-state index contributed by atoms with van der Waals surface area (Å²) in [4.78, 5) is 27.1. The first-order valence-electron chi connectivity index (χ1n) is 9.28. The standard InChI is InChI=1S/C23H18ClN3O2S/c1-14-9-10-17(12-15(14)2)26-11-5-6-16(26)13-18-21(28)25-23(30)27(22(18)29)20-8-4-3-7-19(20)24/h3-13H,1-2H3,(H,25,28,30)/b18-13+. The van der Waals surface area contributed by atoms with Crippen LogP contribution in [0.15, 0.2) is 66.4 Å². The molecule has 5 nitrogen and oxygen atoms in total. The summed E-state index contributed by atoms with van der Waals surface area (Å²) < 4.78 is 1.92. The Hall–Kier alpha value is -3.22. The summed E-state index contributed by atoms with van der Waals surface area (Å²) in [5, 5.41) is 2.95. The second kappa shape index (κ2) is 7.89. The van der Waals surface area contributed by atoms with Crippen molar-refractivity contribution >= 4 is 52.5 Å². The van der Waals surface area contributed by atoms with E-state index in [-0.39, 0.29) is 10.7 Å². The van der Waals surface area contributed by atoms with Crippen molar-refractivity contribution in [2.45, 2.75) is 13.8 Å². The second-order valence-electron chi connectivity index (χ2n) is 6.98. The molecule has 0 unspecified atom stereocenters. The molecule has 7 heteroatoms. The fourth-order valence-corrected chi connectivity index (χ4v) is 3.77. The number of amides is 2. The maximum absolute atomic E-state index is 13.2. The summed E-state index contributed by atoms with van der Waals surface area (Å²) in [5.41, 5.74) is 4.38. The van der Waals surface area contributed by atoms with Crippen molar-refractivity contribution in [1.29, 1.82) is 0 Å². The van der Waals surface area contributed by atoms with Gasteiger partial charge in [0.1, 0.15) is 5.57 Å². The summed E-state index contributed by atoms with van der Waals surface area (Å²) in [6.45, 7) is 4.09. The van der Waals surface area contributed by atoms with Crippen molar-refractivity contribution in [2.24, 2.45) is 0 Å². The van der Waals surface area contributed by atoms with E-state index < -0.39 is 11.8 Å². The summed E-state index contributed by atoms with van der Waals surface area (Å²) in [6, 6.07) is 16.7. The van der Waals surface area contributed by atoms with Gasteiger partial charge in [0, 0.05) is 17.6 Å². The molecule has 30 heavy (non-hydrogen) atoms. The Labute approximate surface area is 184 Å². The molecule has 1 aliphatic rings. The highest BCUT2D eigenvalue weighted by Gasteiger charge is 2.35. The van der Waals surface area contributed by atoms with Gasteiger partial charge in [-0.15, -0.1) is 0 Å². The van der Waals surface area contributed by atoms with Gasteiger partial charge in [0.25, 0.3) is 11.8 Å². The van der Waals surface area contributed by atoms with Crippen molar-refractivity contribution in [3.63, 3.8) is 0 Å². The lowest BCUT2D eigenvalue weighted by Crippen LogP contribution is -2.54. The molecule has 2 amide bonds. The molecule has 1 aliphatic heterocycles. The van der Waals surface area contributed by atoms with Gasteiger partial charge in [-0.3, -0.25) is 19.8 Å². The first kappa shape index (κ1) is 20.1. The lowest BCUT2D eigenvalue weighted by atomic mass is 10.1. The molecule has 2 heterocycles. The Morgan fingerprint density at radius 2 is 1.77 bits per heavy atom. The number of carbonyl (C=O) groups excluding carboxylic acids is 2. The summed E-state index contributed by atoms with van der Waals surface area (Å²) in [7, 11) is 0. The fraction of sp³-hybridized carbons (Fsp3) is 0.0870. The topological polar surface area (TPSA) is 54.3 Å². The number of hydrogen-bond donors (Lipinski definition) is 1. The van der Waals surface area contributed by atoms with Gasteiger partial charge < -0.3 is 4.57 Å². The Balaban J connectivity index is 1.77. The zero-order valence-corrected chi connectivity index (χ0v) is 17.9. The van der Waals surface area contributed by atoms with E-state index in [0.29, 0.717) is 16.4 Å². The molecule has 1 saturated heterocycles. The van der Waals surface area contributed by atoms with Crippen LogP contribution in [-0.4, -0.2) is 21.5 Å². The molecule has 2 aromatic carbocycles. The Bertz CT molecular complexity index is 1230. The van der Waals surface area contributed by atoms with Gasteiger partial charge >= 0.3 is 0 Å². The van der Waals surface area contributed by atoms with E-state index in [0.717, 1.165) is 11.3 Å². The normalized spacial score (nSPS) is 15.6. The van der Waals surface area contributed by atoms with Gasteiger partial charge in [0.05, 0.1) is 10.7 Å². The van der Waals surface area contributed by atoms with Crippen LogP contribution in [0.25, 0.3) is 11.8 Å². The fourth-order valence-electron chi connectivity index (χ4n) is 3.28. The highest BCUT2D eigenvalue weighted by molar-refractivity contribution is 7.80. The predicted octanol–water partition coefficient (Wildman–Crippen LogP) is 4.58. The van der Waals surface area contributed by atoms with E-state index in [9.17, 15) is 9.59 Å². The molecule has 3 aromatic rings. The van der Waals surface area contributed by atoms with Crippen LogP contribution in [-0.2, 0) is 9.59 Å². The molecular formula is C23H18ClN3O2S. The third kappa shape index (κ3) is 3.56. The van der Waals surface area contributed by atoms with Crippen LogP contribution < -0.4 is 10.2 Å². The van der Waals surface area contributed by atoms with E-state index in [1.54, 1.807) is 30.3 Å². The van der Waals surface area contributed by atoms with Gasteiger partial charge in [-0.05, 0) is 79.7 Å². The van der Waals surface area contributed by atoms with Crippen molar-refractivity contribution in [3.05, 3.63) is 88.2 Å². The molecule has 0 radical (unpaired) electrons. The number of nitrogens with one attached hydrogen (secondary N) is 1. The first-order chi connectivity index (χ1) is 14.4. The van der Waals surface area contributed by atoms with Crippen molar-refractivity contribution in [2.75, 3.05) is 4.90 Å². The number of nitrogens with zero attached hydrogens (tertiary/aromatic N) is 2. The van der Waals surface area contributed by atoms with Crippen LogP contribution in [0.3, 0.4) is 0 Å². The molecule has 1 fully saturated rings. The Morgan fingerprint density at radius 3 is 2.50 bits per heavy atom. The molecule has 150 valence electrons. The third-order valence-electron chi connectivity index (χ3n) is 5.04. The average Bonchev–Trinajstić information content (AvgIpc) is 3.17. The molecular weight excluding hydrogens is 418 g/mol. The van der Waals surface area contributed by atoms with E-state index >= 15 is 0 Å². The SMILES string of the molecule is Cc1ccc(-n2cccc2/C=C2\C(=O)NC(=S)N(c3ccccc3Cl)C2=O)cc1C. The van der Waals surface area contributed by atoms with E-state index in [1.165, 1.54) is 10.5 Å². The predicted molar refractivity (Wildman–Crippen MR) is 123 cm³/mol. The smallest absolute Gasteiger partial charge is 0.270 e. The first-order valence-corrected chi connectivity index (χ1v) is 10.1. The minimum absolute atomic E-state index is 0.000193. The van der Waals surface area contributed by atoms with Crippen LogP contribution in [0.1, 0.15) is 16.8 Å². The van der Waals surface area contributed by atoms with Crippen LogP contribution in [0.5, 0.6) is 0 Å². The Morgan fingerprint density at radius 1 is 1.00 bits per heavy atom. The number of para-hydroxylation sites is 1. The van der Waals surface area contributed by atoms with E-state index in [2.05, 4.69) is 18.3 Å². The molecule has 1 N–H and O–H groups in total. The van der Waals surface area contributed by atoms with E-state index in [4.69, 9.17) is 23.8 Å². The maximum Gasteiger partial charge on any atom is 0.270 e. The minimum atomic E-state index is -0.541. The molecule has 0 spiro atoms.